The van der Waals surface area contributed by atoms with Crippen LogP contribution in [-0.4, -0.2) is 47.6 Å². The van der Waals surface area contributed by atoms with E-state index in [0.29, 0.717) is 11.1 Å². The van der Waals surface area contributed by atoms with Crippen LogP contribution in [0.15, 0.2) is 33.9 Å². The average Bonchev–Trinajstić information content (AvgIpc) is 3.04. The van der Waals surface area contributed by atoms with E-state index in [9.17, 15) is 0 Å². The van der Waals surface area contributed by atoms with Crippen molar-refractivity contribution in [1.29, 1.82) is 0 Å². The Morgan fingerprint density at radius 1 is 1.18 bits per heavy atom. The molecule has 0 bridgehead atoms. The van der Waals surface area contributed by atoms with E-state index in [1.165, 1.54) is 32.4 Å². The standard InChI is InChI=1S/C16H21N3O2S/c1-20-14-8-4-3-7-13(14)15-17-18-16(21-15)22-12-11-19-9-5-2-6-10-19/h3-4,7-8H,2,5-6,9-12H2,1H3. The number of para-hydroxylation sites is 1. The molecule has 6 heteroatoms. The Morgan fingerprint density at radius 2 is 2.00 bits per heavy atom. The lowest BCUT2D eigenvalue weighted by Gasteiger charge is -2.25. The van der Waals surface area contributed by atoms with Gasteiger partial charge in [0.1, 0.15) is 5.75 Å². The molecule has 2 aromatic rings. The number of hydrogen-bond acceptors (Lipinski definition) is 6. The molecule has 1 aromatic carbocycles. The number of aromatic nitrogens is 2. The highest BCUT2D eigenvalue weighted by Crippen LogP contribution is 2.30. The number of methoxy groups -OCH3 is 1. The highest BCUT2D eigenvalue weighted by Gasteiger charge is 2.14. The second-order valence-electron chi connectivity index (χ2n) is 5.32. The lowest BCUT2D eigenvalue weighted by molar-refractivity contribution is 0.242. The molecule has 0 saturated carbocycles. The van der Waals surface area contributed by atoms with Crippen molar-refractivity contribution in [2.75, 3.05) is 32.5 Å². The van der Waals surface area contributed by atoms with Crippen LogP contribution >= 0.6 is 11.8 Å². The van der Waals surface area contributed by atoms with Crippen molar-refractivity contribution in [3.8, 4) is 17.2 Å². The Kier molecular flexibility index (Phi) is 5.34. The van der Waals surface area contributed by atoms with Crippen LogP contribution in [0, 0.1) is 0 Å². The third-order valence-electron chi connectivity index (χ3n) is 3.83. The summed E-state index contributed by atoms with van der Waals surface area (Å²) in [4.78, 5) is 2.51. The molecule has 2 heterocycles. The molecule has 1 aromatic heterocycles. The van der Waals surface area contributed by atoms with Gasteiger partial charge in [-0.15, -0.1) is 10.2 Å². The molecular weight excluding hydrogens is 298 g/mol. The van der Waals surface area contributed by atoms with Gasteiger partial charge in [0.25, 0.3) is 11.1 Å². The molecule has 5 nitrogen and oxygen atoms in total. The Hall–Kier alpha value is -1.53. The van der Waals surface area contributed by atoms with Crippen LogP contribution in [0.1, 0.15) is 19.3 Å². The zero-order valence-corrected chi connectivity index (χ0v) is 13.6. The summed E-state index contributed by atoms with van der Waals surface area (Å²) in [5, 5.41) is 8.88. The number of piperidine rings is 1. The minimum absolute atomic E-state index is 0.512. The van der Waals surface area contributed by atoms with E-state index in [-0.39, 0.29) is 0 Å². The number of ether oxygens (including phenoxy) is 1. The molecule has 0 radical (unpaired) electrons. The predicted molar refractivity (Wildman–Crippen MR) is 87.3 cm³/mol. The number of hydrogen-bond donors (Lipinski definition) is 0. The van der Waals surface area contributed by atoms with Crippen molar-refractivity contribution in [2.24, 2.45) is 0 Å². The molecule has 1 fully saturated rings. The number of thioether (sulfide) groups is 1. The first kappa shape index (κ1) is 15.4. The molecule has 0 N–H and O–H groups in total. The van der Waals surface area contributed by atoms with E-state index in [1.54, 1.807) is 18.9 Å². The van der Waals surface area contributed by atoms with Crippen LogP contribution < -0.4 is 4.74 Å². The van der Waals surface area contributed by atoms with Crippen LogP contribution in [-0.2, 0) is 0 Å². The third kappa shape index (κ3) is 3.81. The van der Waals surface area contributed by atoms with Crippen LogP contribution in [0.25, 0.3) is 11.5 Å². The fraction of sp³-hybridized carbons (Fsp3) is 0.500. The van der Waals surface area contributed by atoms with E-state index in [2.05, 4.69) is 15.1 Å². The summed E-state index contributed by atoms with van der Waals surface area (Å²) in [5.41, 5.74) is 0.834. The van der Waals surface area contributed by atoms with Crippen molar-refractivity contribution in [3.05, 3.63) is 24.3 Å². The largest absolute Gasteiger partial charge is 0.496 e. The van der Waals surface area contributed by atoms with E-state index in [4.69, 9.17) is 9.15 Å². The molecular formula is C16H21N3O2S. The van der Waals surface area contributed by atoms with Gasteiger partial charge < -0.3 is 14.1 Å². The maximum atomic E-state index is 5.74. The van der Waals surface area contributed by atoms with Gasteiger partial charge in [-0.05, 0) is 38.1 Å². The van der Waals surface area contributed by atoms with Crippen LogP contribution in [0.4, 0.5) is 0 Å². The Bertz CT molecular complexity index is 597. The first-order valence-electron chi connectivity index (χ1n) is 7.69. The third-order valence-corrected chi connectivity index (χ3v) is 4.62. The second-order valence-corrected chi connectivity index (χ2v) is 6.37. The summed E-state index contributed by atoms with van der Waals surface area (Å²) in [6.07, 6.45) is 4.02. The summed E-state index contributed by atoms with van der Waals surface area (Å²) >= 11 is 1.62. The summed E-state index contributed by atoms with van der Waals surface area (Å²) in [6.45, 7) is 3.52. The van der Waals surface area contributed by atoms with Gasteiger partial charge >= 0.3 is 0 Å². The van der Waals surface area contributed by atoms with Gasteiger partial charge in [-0.1, -0.05) is 30.3 Å². The lowest BCUT2D eigenvalue weighted by Crippen LogP contribution is -2.31. The van der Waals surface area contributed by atoms with Crippen molar-refractivity contribution >= 4 is 11.8 Å². The van der Waals surface area contributed by atoms with Crippen molar-refractivity contribution in [3.63, 3.8) is 0 Å². The summed E-state index contributed by atoms with van der Waals surface area (Å²) < 4.78 is 11.1. The topological polar surface area (TPSA) is 51.4 Å². The lowest BCUT2D eigenvalue weighted by atomic mass is 10.1. The fourth-order valence-electron chi connectivity index (χ4n) is 2.64. The fourth-order valence-corrected chi connectivity index (χ4v) is 3.40. The van der Waals surface area contributed by atoms with Gasteiger partial charge in [0.2, 0.25) is 0 Å². The minimum Gasteiger partial charge on any atom is -0.496 e. The SMILES string of the molecule is COc1ccccc1-c1nnc(SCCN2CCCCC2)o1. The normalized spacial score (nSPS) is 15.9. The van der Waals surface area contributed by atoms with Crippen molar-refractivity contribution in [1.82, 2.24) is 15.1 Å². The van der Waals surface area contributed by atoms with E-state index >= 15 is 0 Å². The molecule has 118 valence electrons. The van der Waals surface area contributed by atoms with Gasteiger partial charge in [-0.25, -0.2) is 0 Å². The van der Waals surface area contributed by atoms with Crippen molar-refractivity contribution < 1.29 is 9.15 Å². The molecule has 1 saturated heterocycles. The molecule has 0 aliphatic carbocycles. The summed E-state index contributed by atoms with van der Waals surface area (Å²) in [6, 6.07) is 7.68. The number of likely N-dealkylation sites (tertiary alicyclic amines) is 1. The molecule has 0 atom stereocenters. The average molecular weight is 319 g/mol. The molecule has 0 spiro atoms. The number of nitrogens with zero attached hydrogens (tertiary/aromatic N) is 3. The maximum Gasteiger partial charge on any atom is 0.276 e. The van der Waals surface area contributed by atoms with Crippen molar-refractivity contribution in [2.45, 2.75) is 24.5 Å². The Labute approximate surface area is 135 Å². The zero-order chi connectivity index (χ0) is 15.2. The quantitative estimate of drug-likeness (QED) is 0.761. The molecule has 3 rings (SSSR count). The first-order chi connectivity index (χ1) is 10.9. The Balaban J connectivity index is 1.57. The van der Waals surface area contributed by atoms with Gasteiger partial charge in [0, 0.05) is 12.3 Å². The number of benzene rings is 1. The summed E-state index contributed by atoms with van der Waals surface area (Å²) in [7, 11) is 1.64. The number of rotatable bonds is 6. The van der Waals surface area contributed by atoms with E-state index < -0.39 is 0 Å². The van der Waals surface area contributed by atoms with E-state index in [1.807, 2.05) is 24.3 Å². The van der Waals surface area contributed by atoms with Gasteiger partial charge in [0.05, 0.1) is 12.7 Å². The highest BCUT2D eigenvalue weighted by molar-refractivity contribution is 7.99. The molecule has 1 aliphatic heterocycles. The monoisotopic (exact) mass is 319 g/mol. The second kappa shape index (κ2) is 7.65. The maximum absolute atomic E-state index is 5.74. The molecule has 1 aliphatic rings. The van der Waals surface area contributed by atoms with Crippen LogP contribution in [0.3, 0.4) is 0 Å². The molecule has 0 amide bonds. The minimum atomic E-state index is 0.512. The summed E-state index contributed by atoms with van der Waals surface area (Å²) in [5.74, 6) is 2.24. The van der Waals surface area contributed by atoms with Gasteiger partial charge in [0.15, 0.2) is 0 Å². The van der Waals surface area contributed by atoms with E-state index in [0.717, 1.165) is 23.6 Å². The highest BCUT2D eigenvalue weighted by atomic mass is 32.2. The van der Waals surface area contributed by atoms with Crippen LogP contribution in [0.5, 0.6) is 5.75 Å². The Morgan fingerprint density at radius 3 is 2.82 bits per heavy atom. The van der Waals surface area contributed by atoms with Gasteiger partial charge in [-0.3, -0.25) is 0 Å². The first-order valence-corrected chi connectivity index (χ1v) is 8.67. The smallest absolute Gasteiger partial charge is 0.276 e. The zero-order valence-electron chi connectivity index (χ0n) is 12.8. The molecule has 0 unspecified atom stereocenters. The predicted octanol–water partition coefficient (Wildman–Crippen LogP) is 3.32. The molecule has 22 heavy (non-hydrogen) atoms. The van der Waals surface area contributed by atoms with Gasteiger partial charge in [-0.2, -0.15) is 0 Å². The van der Waals surface area contributed by atoms with Crippen LogP contribution in [0.2, 0.25) is 0 Å².